The van der Waals surface area contributed by atoms with Crippen LogP contribution in [0.25, 0.3) is 0 Å². The zero-order valence-electron chi connectivity index (χ0n) is 17.3. The second kappa shape index (κ2) is 9.92. The first-order valence-corrected chi connectivity index (χ1v) is 11.4. The Hall–Kier alpha value is -2.63. The van der Waals surface area contributed by atoms with Gasteiger partial charge in [0.25, 0.3) is 0 Å². The van der Waals surface area contributed by atoms with Crippen molar-refractivity contribution in [1.29, 1.82) is 0 Å². The van der Waals surface area contributed by atoms with E-state index >= 15 is 0 Å². The number of hydrogen-bond acceptors (Lipinski definition) is 4. The molecule has 1 N–H and O–H groups in total. The van der Waals surface area contributed by atoms with Crippen LogP contribution in [0.5, 0.6) is 5.75 Å². The molecule has 3 aromatic rings. The molecule has 0 bridgehead atoms. The van der Waals surface area contributed by atoms with E-state index in [1.54, 1.807) is 18.4 Å². The van der Waals surface area contributed by atoms with Gasteiger partial charge >= 0.3 is 0 Å². The summed E-state index contributed by atoms with van der Waals surface area (Å²) in [5.74, 6) is 0.938. The van der Waals surface area contributed by atoms with Crippen molar-refractivity contribution in [3.05, 3.63) is 87.6 Å². The number of carbonyl (C=O) groups is 1. The van der Waals surface area contributed by atoms with Crippen molar-refractivity contribution >= 4 is 17.2 Å². The fourth-order valence-electron chi connectivity index (χ4n) is 4.05. The number of ether oxygens (including phenoxy) is 1. The number of nitrogens with zero attached hydrogens (tertiary/aromatic N) is 1. The summed E-state index contributed by atoms with van der Waals surface area (Å²) >= 11 is 1.71. The third kappa shape index (κ3) is 5.10. The molecule has 2 aromatic carbocycles. The number of nitrogens with one attached hydrogen (secondary N) is 1. The maximum absolute atomic E-state index is 12.5. The van der Waals surface area contributed by atoms with E-state index in [9.17, 15) is 4.79 Å². The highest BCUT2D eigenvalue weighted by Crippen LogP contribution is 2.28. The van der Waals surface area contributed by atoms with Crippen LogP contribution in [0, 0.1) is 0 Å². The molecule has 1 aliphatic heterocycles. The molecule has 30 heavy (non-hydrogen) atoms. The summed E-state index contributed by atoms with van der Waals surface area (Å²) in [7, 11) is 1.66. The highest BCUT2D eigenvalue weighted by atomic mass is 32.1. The van der Waals surface area contributed by atoms with Gasteiger partial charge in [-0.05, 0) is 64.1 Å². The Balaban J connectivity index is 1.35. The van der Waals surface area contributed by atoms with Gasteiger partial charge in [-0.25, -0.2) is 0 Å². The Morgan fingerprint density at radius 3 is 2.67 bits per heavy atom. The van der Waals surface area contributed by atoms with Gasteiger partial charge in [0.05, 0.1) is 13.2 Å². The van der Waals surface area contributed by atoms with Crippen LogP contribution in [0.1, 0.15) is 34.7 Å². The second-order valence-electron chi connectivity index (χ2n) is 7.71. The molecule has 0 fully saturated rings. The molecular formula is C25H28N2O2S. The van der Waals surface area contributed by atoms with Crippen molar-refractivity contribution in [3.63, 3.8) is 0 Å². The molecule has 0 radical (unpaired) electrons. The van der Waals surface area contributed by atoms with Gasteiger partial charge in [-0.15, -0.1) is 0 Å². The largest absolute Gasteiger partial charge is 0.497 e. The van der Waals surface area contributed by atoms with Crippen LogP contribution >= 0.6 is 11.3 Å². The van der Waals surface area contributed by atoms with Gasteiger partial charge in [-0.1, -0.05) is 36.4 Å². The number of amides is 1. The SMILES string of the molecule is COc1ccc(CCC(=O)NC[C@H](c2ccsc2)N2CCc3ccccc3C2)cc1. The average Bonchev–Trinajstić information content (AvgIpc) is 3.32. The van der Waals surface area contributed by atoms with Gasteiger partial charge in [0.1, 0.15) is 5.75 Å². The number of aryl methyl sites for hydroxylation is 1. The molecule has 5 heteroatoms. The molecular weight excluding hydrogens is 392 g/mol. The van der Waals surface area contributed by atoms with E-state index in [4.69, 9.17) is 4.74 Å². The number of thiophene rings is 1. The number of benzene rings is 2. The fourth-order valence-corrected chi connectivity index (χ4v) is 4.76. The van der Waals surface area contributed by atoms with Crippen LogP contribution in [0.3, 0.4) is 0 Å². The number of fused-ring (bicyclic) bond motifs is 1. The summed E-state index contributed by atoms with van der Waals surface area (Å²) in [4.78, 5) is 15.0. The third-order valence-corrected chi connectivity index (χ3v) is 6.52. The number of rotatable bonds is 8. The van der Waals surface area contributed by atoms with E-state index in [0.717, 1.165) is 37.2 Å². The zero-order chi connectivity index (χ0) is 20.8. The molecule has 4 rings (SSSR count). The molecule has 0 saturated carbocycles. The normalized spacial score (nSPS) is 14.7. The monoisotopic (exact) mass is 420 g/mol. The smallest absolute Gasteiger partial charge is 0.220 e. The van der Waals surface area contributed by atoms with Gasteiger partial charge in [0.2, 0.25) is 5.91 Å². The summed E-state index contributed by atoms with van der Waals surface area (Å²) in [6, 6.07) is 19.0. The Labute approximate surface area is 182 Å². The first kappa shape index (κ1) is 20.6. The number of methoxy groups -OCH3 is 1. The Morgan fingerprint density at radius 2 is 1.93 bits per heavy atom. The second-order valence-corrected chi connectivity index (χ2v) is 8.49. The van der Waals surface area contributed by atoms with E-state index in [1.807, 2.05) is 24.3 Å². The maximum atomic E-state index is 12.5. The standard InChI is InChI=1S/C25H28N2O2S/c1-29-23-9-6-19(7-10-23)8-11-25(28)26-16-24(22-13-15-30-18-22)27-14-12-20-4-2-3-5-21(20)17-27/h2-7,9-10,13,15,18,24H,8,11-12,14,16-17H2,1H3,(H,26,28)/t24-/m1/s1. The lowest BCUT2D eigenvalue weighted by Crippen LogP contribution is -2.40. The van der Waals surface area contributed by atoms with Crippen LogP contribution < -0.4 is 10.1 Å². The van der Waals surface area contributed by atoms with E-state index in [1.165, 1.54) is 16.7 Å². The van der Waals surface area contributed by atoms with E-state index in [-0.39, 0.29) is 11.9 Å². The quantitative estimate of drug-likeness (QED) is 0.579. The average molecular weight is 421 g/mol. The van der Waals surface area contributed by atoms with Crippen LogP contribution in [0.2, 0.25) is 0 Å². The van der Waals surface area contributed by atoms with Crippen LogP contribution in [-0.2, 0) is 24.2 Å². The summed E-state index contributed by atoms with van der Waals surface area (Å²) in [5.41, 5.74) is 5.28. The van der Waals surface area contributed by atoms with Crippen LogP contribution in [0.4, 0.5) is 0 Å². The first-order valence-electron chi connectivity index (χ1n) is 10.5. The molecule has 156 valence electrons. The highest BCUT2D eigenvalue weighted by Gasteiger charge is 2.25. The molecule has 0 spiro atoms. The fraction of sp³-hybridized carbons (Fsp3) is 0.320. The molecule has 1 amide bonds. The van der Waals surface area contributed by atoms with Gasteiger partial charge in [-0.2, -0.15) is 11.3 Å². The highest BCUT2D eigenvalue weighted by molar-refractivity contribution is 7.07. The third-order valence-electron chi connectivity index (χ3n) is 5.82. The topological polar surface area (TPSA) is 41.6 Å². The van der Waals surface area contributed by atoms with E-state index < -0.39 is 0 Å². The van der Waals surface area contributed by atoms with Crippen LogP contribution in [-0.4, -0.2) is 31.0 Å². The first-order chi connectivity index (χ1) is 14.7. The molecule has 2 heterocycles. The van der Waals surface area contributed by atoms with Gasteiger partial charge in [-0.3, -0.25) is 9.69 Å². The Bertz CT molecular complexity index is 954. The van der Waals surface area contributed by atoms with E-state index in [0.29, 0.717) is 13.0 Å². The van der Waals surface area contributed by atoms with Crippen molar-refractivity contribution in [2.45, 2.75) is 31.8 Å². The van der Waals surface area contributed by atoms with Crippen LogP contribution in [0.15, 0.2) is 65.4 Å². The zero-order valence-corrected chi connectivity index (χ0v) is 18.2. The molecule has 0 unspecified atom stereocenters. The minimum Gasteiger partial charge on any atom is -0.497 e. The summed E-state index contributed by atoms with van der Waals surface area (Å²) in [6.45, 7) is 2.58. The van der Waals surface area contributed by atoms with Crippen molar-refractivity contribution in [1.82, 2.24) is 10.2 Å². The Kier molecular flexibility index (Phi) is 6.82. The van der Waals surface area contributed by atoms with Crippen molar-refractivity contribution < 1.29 is 9.53 Å². The molecule has 0 aliphatic carbocycles. The molecule has 1 atom stereocenters. The van der Waals surface area contributed by atoms with Gasteiger partial charge < -0.3 is 10.1 Å². The lowest BCUT2D eigenvalue weighted by molar-refractivity contribution is -0.121. The molecule has 0 saturated heterocycles. The number of carbonyl (C=O) groups excluding carboxylic acids is 1. The van der Waals surface area contributed by atoms with Gasteiger partial charge in [0, 0.05) is 26.1 Å². The van der Waals surface area contributed by atoms with Crippen molar-refractivity contribution in [3.8, 4) is 5.75 Å². The minimum atomic E-state index is 0.100. The molecule has 4 nitrogen and oxygen atoms in total. The summed E-state index contributed by atoms with van der Waals surface area (Å²) in [5, 5.41) is 7.50. The number of hydrogen-bond donors (Lipinski definition) is 1. The molecule has 1 aromatic heterocycles. The van der Waals surface area contributed by atoms with E-state index in [2.05, 4.69) is 51.3 Å². The van der Waals surface area contributed by atoms with Crippen molar-refractivity contribution in [2.75, 3.05) is 20.2 Å². The Morgan fingerprint density at radius 1 is 1.13 bits per heavy atom. The van der Waals surface area contributed by atoms with Gasteiger partial charge in [0.15, 0.2) is 0 Å². The minimum absolute atomic E-state index is 0.100. The summed E-state index contributed by atoms with van der Waals surface area (Å²) in [6.07, 6.45) is 2.28. The van der Waals surface area contributed by atoms with Crippen molar-refractivity contribution in [2.24, 2.45) is 0 Å². The lowest BCUT2D eigenvalue weighted by atomic mass is 9.97. The summed E-state index contributed by atoms with van der Waals surface area (Å²) < 4.78 is 5.19. The predicted molar refractivity (Wildman–Crippen MR) is 122 cm³/mol. The predicted octanol–water partition coefficient (Wildman–Crippen LogP) is 4.61. The maximum Gasteiger partial charge on any atom is 0.220 e. The lowest BCUT2D eigenvalue weighted by Gasteiger charge is -2.35. The molecule has 1 aliphatic rings.